The molecule has 3 rings (SSSR count). The Bertz CT molecular complexity index is 1050. The Labute approximate surface area is 164 Å². The number of esters is 2. The Hall–Kier alpha value is -3.39. The maximum atomic E-state index is 12.3. The highest BCUT2D eigenvalue weighted by atomic mass is 32.2. The van der Waals surface area contributed by atoms with Crippen molar-refractivity contribution in [2.75, 3.05) is 12.9 Å². The molecule has 0 fully saturated rings. The van der Waals surface area contributed by atoms with Gasteiger partial charge in [-0.05, 0) is 35.0 Å². The van der Waals surface area contributed by atoms with E-state index in [1.54, 1.807) is 24.3 Å². The highest BCUT2D eigenvalue weighted by Crippen LogP contribution is 2.28. The lowest BCUT2D eigenvalue weighted by atomic mass is 10.1. The number of ether oxygens (including phenoxy) is 2. The fourth-order valence-electron chi connectivity index (χ4n) is 2.53. The van der Waals surface area contributed by atoms with E-state index in [0.717, 1.165) is 10.8 Å². The first-order chi connectivity index (χ1) is 13.5. The van der Waals surface area contributed by atoms with Crippen LogP contribution in [-0.2, 0) is 9.53 Å². The van der Waals surface area contributed by atoms with Crippen LogP contribution in [0.1, 0.15) is 10.4 Å². The Morgan fingerprint density at radius 3 is 2.29 bits per heavy atom. The van der Waals surface area contributed by atoms with Crippen molar-refractivity contribution in [1.29, 1.82) is 0 Å². The number of hydrogen-bond donors (Lipinski definition) is 0. The molecule has 0 amide bonds. The molecule has 142 valence electrons. The van der Waals surface area contributed by atoms with Gasteiger partial charge < -0.3 is 9.47 Å². The number of non-ortho nitro benzene ring substituents is 1. The third-order valence-electron chi connectivity index (χ3n) is 3.88. The van der Waals surface area contributed by atoms with Gasteiger partial charge >= 0.3 is 11.9 Å². The van der Waals surface area contributed by atoms with Crippen molar-refractivity contribution in [3.63, 3.8) is 0 Å². The fraction of sp³-hybridized carbons (Fsp3) is 0.100. The molecule has 0 bridgehead atoms. The number of nitro groups is 1. The standard InChI is InChI=1S/C20H15NO6S/c1-26-20(23)17-10-13-4-2-3-5-14(13)11-18(17)27-19(22)12-28-16-8-6-15(7-9-16)21(24)25/h2-11H,12H2,1H3. The van der Waals surface area contributed by atoms with Gasteiger partial charge in [-0.2, -0.15) is 0 Å². The number of methoxy groups -OCH3 is 1. The van der Waals surface area contributed by atoms with E-state index < -0.39 is 16.9 Å². The van der Waals surface area contributed by atoms with Crippen molar-refractivity contribution >= 4 is 40.2 Å². The van der Waals surface area contributed by atoms with Crippen LogP contribution in [0.5, 0.6) is 5.75 Å². The van der Waals surface area contributed by atoms with Crippen LogP contribution in [0.25, 0.3) is 10.8 Å². The SMILES string of the molecule is COC(=O)c1cc2ccccc2cc1OC(=O)CSc1ccc([N+](=O)[O-])cc1. The molecule has 0 saturated heterocycles. The summed E-state index contributed by atoms with van der Waals surface area (Å²) in [6, 6.07) is 16.5. The summed E-state index contributed by atoms with van der Waals surface area (Å²) in [5, 5.41) is 12.3. The first-order valence-electron chi connectivity index (χ1n) is 8.17. The third-order valence-corrected chi connectivity index (χ3v) is 4.87. The fourth-order valence-corrected chi connectivity index (χ4v) is 3.20. The number of fused-ring (bicyclic) bond motifs is 1. The van der Waals surface area contributed by atoms with Gasteiger partial charge in [-0.15, -0.1) is 11.8 Å². The quantitative estimate of drug-likeness (QED) is 0.202. The topological polar surface area (TPSA) is 95.7 Å². The Kier molecular flexibility index (Phi) is 5.90. The maximum absolute atomic E-state index is 12.3. The molecule has 0 N–H and O–H groups in total. The average molecular weight is 397 g/mol. The van der Waals surface area contributed by atoms with Crippen molar-refractivity contribution < 1.29 is 24.0 Å². The first kappa shape index (κ1) is 19.4. The molecule has 8 heteroatoms. The summed E-state index contributed by atoms with van der Waals surface area (Å²) in [5.74, 6) is -1.05. The predicted octanol–water partition coefficient (Wildman–Crippen LogP) is 4.23. The molecule has 3 aromatic rings. The lowest BCUT2D eigenvalue weighted by molar-refractivity contribution is -0.384. The van der Waals surface area contributed by atoms with Crippen LogP contribution < -0.4 is 4.74 Å². The third kappa shape index (κ3) is 4.47. The largest absolute Gasteiger partial charge is 0.465 e. The van der Waals surface area contributed by atoms with Crippen LogP contribution >= 0.6 is 11.8 Å². The second-order valence-corrected chi connectivity index (χ2v) is 6.75. The molecular weight excluding hydrogens is 382 g/mol. The highest BCUT2D eigenvalue weighted by Gasteiger charge is 2.17. The number of rotatable bonds is 6. The van der Waals surface area contributed by atoms with Crippen molar-refractivity contribution in [2.24, 2.45) is 0 Å². The summed E-state index contributed by atoms with van der Waals surface area (Å²) in [7, 11) is 1.26. The van der Waals surface area contributed by atoms with Crippen LogP contribution in [0.2, 0.25) is 0 Å². The summed E-state index contributed by atoms with van der Waals surface area (Å²) < 4.78 is 10.2. The number of nitro benzene ring substituents is 1. The molecule has 28 heavy (non-hydrogen) atoms. The van der Waals surface area contributed by atoms with E-state index in [1.807, 2.05) is 24.3 Å². The molecule has 0 radical (unpaired) electrons. The molecule has 0 atom stereocenters. The van der Waals surface area contributed by atoms with Crippen LogP contribution in [0, 0.1) is 10.1 Å². The lowest BCUT2D eigenvalue weighted by Gasteiger charge is -2.10. The van der Waals surface area contributed by atoms with Crippen molar-refractivity contribution in [1.82, 2.24) is 0 Å². The van der Waals surface area contributed by atoms with Gasteiger partial charge in [0.1, 0.15) is 11.3 Å². The summed E-state index contributed by atoms with van der Waals surface area (Å²) in [4.78, 5) is 35.2. The monoisotopic (exact) mass is 397 g/mol. The molecular formula is C20H15NO6S. The minimum atomic E-state index is -0.600. The van der Waals surface area contributed by atoms with Gasteiger partial charge in [-0.1, -0.05) is 24.3 Å². The molecule has 0 spiro atoms. The molecule has 0 aliphatic rings. The molecule has 0 heterocycles. The second kappa shape index (κ2) is 8.53. The van der Waals surface area contributed by atoms with Crippen molar-refractivity contribution in [3.05, 3.63) is 76.3 Å². The summed E-state index contributed by atoms with van der Waals surface area (Å²) >= 11 is 1.18. The van der Waals surface area contributed by atoms with Crippen LogP contribution in [0.4, 0.5) is 5.69 Å². The van der Waals surface area contributed by atoms with E-state index in [4.69, 9.17) is 9.47 Å². The predicted molar refractivity (Wildman–Crippen MR) is 105 cm³/mol. The van der Waals surface area contributed by atoms with E-state index in [9.17, 15) is 19.7 Å². The number of thioether (sulfide) groups is 1. The van der Waals surface area contributed by atoms with E-state index >= 15 is 0 Å². The zero-order valence-corrected chi connectivity index (χ0v) is 15.6. The summed E-state index contributed by atoms with van der Waals surface area (Å²) in [5.41, 5.74) is 0.140. The van der Waals surface area contributed by atoms with Crippen molar-refractivity contribution in [2.45, 2.75) is 4.90 Å². The second-order valence-electron chi connectivity index (χ2n) is 5.70. The van der Waals surface area contributed by atoms with Crippen LogP contribution in [0.15, 0.2) is 65.6 Å². The van der Waals surface area contributed by atoms with Gasteiger partial charge in [0.25, 0.3) is 5.69 Å². The number of carbonyl (C=O) groups is 2. The van der Waals surface area contributed by atoms with E-state index in [-0.39, 0.29) is 22.8 Å². The lowest BCUT2D eigenvalue weighted by Crippen LogP contribution is -2.14. The zero-order chi connectivity index (χ0) is 20.1. The highest BCUT2D eigenvalue weighted by molar-refractivity contribution is 8.00. The molecule has 7 nitrogen and oxygen atoms in total. The van der Waals surface area contributed by atoms with Crippen LogP contribution in [0.3, 0.4) is 0 Å². The molecule has 0 saturated carbocycles. The summed E-state index contributed by atoms with van der Waals surface area (Å²) in [6.45, 7) is 0. The maximum Gasteiger partial charge on any atom is 0.341 e. The summed E-state index contributed by atoms with van der Waals surface area (Å²) in [6.07, 6.45) is 0. The van der Waals surface area contributed by atoms with E-state index in [0.29, 0.717) is 4.90 Å². The molecule has 3 aromatic carbocycles. The van der Waals surface area contributed by atoms with E-state index in [1.165, 1.54) is 31.0 Å². The Morgan fingerprint density at radius 2 is 1.68 bits per heavy atom. The number of hydrogen-bond acceptors (Lipinski definition) is 7. The molecule has 0 aromatic heterocycles. The minimum Gasteiger partial charge on any atom is -0.465 e. The van der Waals surface area contributed by atoms with Gasteiger partial charge in [0.15, 0.2) is 0 Å². The Balaban J connectivity index is 1.74. The first-order valence-corrected chi connectivity index (χ1v) is 9.15. The minimum absolute atomic E-state index is 0.0224. The number of nitrogens with zero attached hydrogens (tertiary/aromatic N) is 1. The van der Waals surface area contributed by atoms with Gasteiger partial charge in [0.2, 0.25) is 0 Å². The number of benzene rings is 3. The Morgan fingerprint density at radius 1 is 1.04 bits per heavy atom. The average Bonchev–Trinajstić information content (AvgIpc) is 2.71. The molecule has 0 unspecified atom stereocenters. The van der Waals surface area contributed by atoms with Gasteiger partial charge in [-0.25, -0.2) is 4.79 Å². The molecule has 0 aliphatic carbocycles. The number of carbonyl (C=O) groups excluding carboxylic acids is 2. The zero-order valence-electron chi connectivity index (χ0n) is 14.8. The van der Waals surface area contributed by atoms with Gasteiger partial charge in [0.05, 0.1) is 17.8 Å². The molecule has 0 aliphatic heterocycles. The van der Waals surface area contributed by atoms with Crippen LogP contribution in [-0.4, -0.2) is 29.7 Å². The van der Waals surface area contributed by atoms with Crippen molar-refractivity contribution in [3.8, 4) is 5.75 Å². The smallest absolute Gasteiger partial charge is 0.341 e. The van der Waals surface area contributed by atoms with Gasteiger partial charge in [-0.3, -0.25) is 14.9 Å². The van der Waals surface area contributed by atoms with Gasteiger partial charge in [0, 0.05) is 17.0 Å². The normalized spacial score (nSPS) is 10.5. The van der Waals surface area contributed by atoms with E-state index in [2.05, 4.69) is 0 Å².